The van der Waals surface area contributed by atoms with Gasteiger partial charge < -0.3 is 0 Å². The summed E-state index contributed by atoms with van der Waals surface area (Å²) in [5.41, 5.74) is 1.08. The molecule has 1 fully saturated rings. The van der Waals surface area contributed by atoms with Gasteiger partial charge in [0, 0.05) is 38.1 Å². The maximum atomic E-state index is 11.4. The van der Waals surface area contributed by atoms with Gasteiger partial charge in [0.2, 0.25) is 10.0 Å². The lowest BCUT2D eigenvalue weighted by Gasteiger charge is -2.32. The molecule has 1 saturated heterocycles. The molecular weight excluding hydrogens is 294 g/mol. The summed E-state index contributed by atoms with van der Waals surface area (Å²) in [5.74, 6) is 0. The molecule has 5 nitrogen and oxygen atoms in total. The second-order valence-corrected chi connectivity index (χ2v) is 7.34. The molecule has 2 rings (SSSR count). The molecule has 0 aromatic carbocycles. The fourth-order valence-electron chi connectivity index (χ4n) is 1.93. The number of hydrogen-bond donors (Lipinski definition) is 0. The number of halogens is 1. The van der Waals surface area contributed by atoms with Crippen LogP contribution in [0.5, 0.6) is 0 Å². The molecule has 0 aliphatic carbocycles. The number of nitrogens with zero attached hydrogens (tertiary/aromatic N) is 3. The van der Waals surface area contributed by atoms with Crippen LogP contribution in [-0.2, 0) is 16.6 Å². The number of sulfonamides is 1. The largest absolute Gasteiger partial charge is 0.295 e. The second kappa shape index (κ2) is 6.29. The fraction of sp³-hybridized carbons (Fsp3) is 0.700. The highest BCUT2D eigenvalue weighted by atomic mass is 35.5. The third-order valence-electron chi connectivity index (χ3n) is 2.85. The van der Waals surface area contributed by atoms with Crippen LogP contribution in [0.25, 0.3) is 0 Å². The summed E-state index contributed by atoms with van der Waals surface area (Å²) in [6.07, 6.45) is 1.27. The molecule has 2 heterocycles. The summed E-state index contributed by atoms with van der Waals surface area (Å²) in [7, 11) is -3.02. The minimum Gasteiger partial charge on any atom is -0.295 e. The van der Waals surface area contributed by atoms with Gasteiger partial charge in [-0.05, 0) is 6.92 Å². The highest BCUT2D eigenvalue weighted by molar-refractivity contribution is 7.88. The standard InChI is InChI=1S/C10H17N3O2S2.ClH/c1-9-11-10(8-16-9)7-12-3-5-13(6-4-12)17(2,14)15;/h8H,3-7H2,1-2H3;1H. The van der Waals surface area contributed by atoms with Gasteiger partial charge in [-0.3, -0.25) is 4.90 Å². The average molecular weight is 312 g/mol. The zero-order valence-electron chi connectivity index (χ0n) is 10.5. The summed E-state index contributed by atoms with van der Waals surface area (Å²) in [5, 5.41) is 3.15. The van der Waals surface area contributed by atoms with E-state index in [1.165, 1.54) is 10.6 Å². The van der Waals surface area contributed by atoms with E-state index in [1.807, 2.05) is 6.92 Å². The summed E-state index contributed by atoms with van der Waals surface area (Å²) in [4.78, 5) is 6.66. The topological polar surface area (TPSA) is 53.5 Å². The van der Waals surface area contributed by atoms with E-state index in [0.29, 0.717) is 13.1 Å². The van der Waals surface area contributed by atoms with Crippen LogP contribution in [0.4, 0.5) is 0 Å². The van der Waals surface area contributed by atoms with E-state index < -0.39 is 10.0 Å². The maximum absolute atomic E-state index is 11.4. The number of hydrogen-bond acceptors (Lipinski definition) is 5. The Labute approximate surface area is 118 Å². The molecule has 1 aliphatic rings. The first kappa shape index (κ1) is 15.8. The van der Waals surface area contributed by atoms with Gasteiger partial charge in [0.25, 0.3) is 0 Å². The molecular formula is C10H18ClN3O2S2. The zero-order valence-corrected chi connectivity index (χ0v) is 12.9. The maximum Gasteiger partial charge on any atom is 0.211 e. The average Bonchev–Trinajstić information content (AvgIpc) is 2.63. The lowest BCUT2D eigenvalue weighted by Crippen LogP contribution is -2.47. The molecule has 0 saturated carbocycles. The van der Waals surface area contributed by atoms with Crippen molar-refractivity contribution in [1.29, 1.82) is 0 Å². The van der Waals surface area contributed by atoms with Crippen molar-refractivity contribution in [2.24, 2.45) is 0 Å². The molecule has 8 heteroatoms. The molecule has 0 amide bonds. The summed E-state index contributed by atoms with van der Waals surface area (Å²) in [6.45, 7) is 5.55. The Morgan fingerprint density at radius 2 is 1.94 bits per heavy atom. The van der Waals surface area contributed by atoms with Crippen molar-refractivity contribution in [3.63, 3.8) is 0 Å². The molecule has 0 unspecified atom stereocenters. The van der Waals surface area contributed by atoms with Crippen LogP contribution >= 0.6 is 23.7 Å². The molecule has 18 heavy (non-hydrogen) atoms. The predicted octanol–water partition coefficient (Wildman–Crippen LogP) is 0.951. The number of rotatable bonds is 3. The van der Waals surface area contributed by atoms with Crippen LogP contribution in [-0.4, -0.2) is 55.0 Å². The number of piperazine rings is 1. The Bertz CT molecular complexity index is 481. The summed E-state index contributed by atoms with van der Waals surface area (Å²) in [6, 6.07) is 0. The van der Waals surface area contributed by atoms with Crippen molar-refractivity contribution in [2.75, 3.05) is 32.4 Å². The summed E-state index contributed by atoms with van der Waals surface area (Å²) >= 11 is 1.65. The van der Waals surface area contributed by atoms with Gasteiger partial charge in [-0.2, -0.15) is 4.31 Å². The molecule has 0 bridgehead atoms. The quantitative estimate of drug-likeness (QED) is 0.834. The minimum absolute atomic E-state index is 0. The first-order valence-corrected chi connectivity index (χ1v) is 8.26. The van der Waals surface area contributed by atoms with Crippen molar-refractivity contribution in [3.8, 4) is 0 Å². The lowest BCUT2D eigenvalue weighted by molar-refractivity contribution is 0.180. The Kier molecular flexibility index (Phi) is 5.54. The van der Waals surface area contributed by atoms with Crippen molar-refractivity contribution >= 4 is 33.8 Å². The minimum atomic E-state index is -3.02. The fourth-order valence-corrected chi connectivity index (χ4v) is 3.36. The Morgan fingerprint density at radius 1 is 1.33 bits per heavy atom. The van der Waals surface area contributed by atoms with Gasteiger partial charge in [0.15, 0.2) is 0 Å². The van der Waals surface area contributed by atoms with E-state index in [1.54, 1.807) is 11.3 Å². The summed E-state index contributed by atoms with van der Waals surface area (Å²) < 4.78 is 24.2. The molecule has 1 aromatic heterocycles. The Morgan fingerprint density at radius 3 is 2.39 bits per heavy atom. The highest BCUT2D eigenvalue weighted by Crippen LogP contribution is 2.13. The molecule has 0 N–H and O–H groups in total. The van der Waals surface area contributed by atoms with Crippen LogP contribution < -0.4 is 0 Å². The van der Waals surface area contributed by atoms with Crippen LogP contribution in [0.15, 0.2) is 5.38 Å². The third kappa shape index (κ3) is 4.17. The van der Waals surface area contributed by atoms with Gasteiger partial charge >= 0.3 is 0 Å². The smallest absolute Gasteiger partial charge is 0.211 e. The first-order valence-electron chi connectivity index (χ1n) is 5.53. The van der Waals surface area contributed by atoms with Crippen molar-refractivity contribution < 1.29 is 8.42 Å². The normalized spacial score (nSPS) is 18.6. The van der Waals surface area contributed by atoms with Gasteiger partial charge in [0.1, 0.15) is 0 Å². The van der Waals surface area contributed by atoms with Gasteiger partial charge in [-0.15, -0.1) is 23.7 Å². The van der Waals surface area contributed by atoms with Gasteiger partial charge in [-0.1, -0.05) is 0 Å². The Hall–Kier alpha value is -0.210. The van der Waals surface area contributed by atoms with E-state index in [2.05, 4.69) is 15.3 Å². The highest BCUT2D eigenvalue weighted by Gasteiger charge is 2.23. The van der Waals surface area contributed by atoms with Gasteiger partial charge in [-0.25, -0.2) is 13.4 Å². The first-order chi connectivity index (χ1) is 7.95. The van der Waals surface area contributed by atoms with Crippen molar-refractivity contribution in [2.45, 2.75) is 13.5 Å². The number of aromatic nitrogens is 1. The molecule has 1 aromatic rings. The number of thiazole rings is 1. The number of aryl methyl sites for hydroxylation is 1. The SMILES string of the molecule is Cc1nc(CN2CCN(S(C)(=O)=O)CC2)cs1.Cl. The zero-order chi connectivity index (χ0) is 12.5. The van der Waals surface area contributed by atoms with Crippen molar-refractivity contribution in [1.82, 2.24) is 14.2 Å². The van der Waals surface area contributed by atoms with Crippen LogP contribution in [0.1, 0.15) is 10.7 Å². The molecule has 104 valence electrons. The third-order valence-corrected chi connectivity index (χ3v) is 4.98. The molecule has 1 aliphatic heterocycles. The monoisotopic (exact) mass is 311 g/mol. The van der Waals surface area contributed by atoms with E-state index in [4.69, 9.17) is 0 Å². The van der Waals surface area contributed by atoms with E-state index in [0.717, 1.165) is 30.3 Å². The van der Waals surface area contributed by atoms with E-state index >= 15 is 0 Å². The second-order valence-electron chi connectivity index (χ2n) is 4.30. The van der Waals surface area contributed by atoms with E-state index in [-0.39, 0.29) is 12.4 Å². The lowest BCUT2D eigenvalue weighted by atomic mass is 10.3. The molecule has 0 spiro atoms. The van der Waals surface area contributed by atoms with E-state index in [9.17, 15) is 8.42 Å². The predicted molar refractivity (Wildman–Crippen MR) is 75.8 cm³/mol. The Balaban J connectivity index is 0.00000162. The van der Waals surface area contributed by atoms with Crippen LogP contribution in [0.3, 0.4) is 0 Å². The van der Waals surface area contributed by atoms with Crippen LogP contribution in [0.2, 0.25) is 0 Å². The molecule has 0 atom stereocenters. The van der Waals surface area contributed by atoms with Crippen LogP contribution in [0, 0.1) is 6.92 Å². The van der Waals surface area contributed by atoms with Crippen molar-refractivity contribution in [3.05, 3.63) is 16.1 Å². The molecule has 0 radical (unpaired) electrons. The van der Waals surface area contributed by atoms with Gasteiger partial charge in [0.05, 0.1) is 17.0 Å².